The number of likely N-dealkylation sites (tertiary alicyclic amines) is 2. The van der Waals surface area contributed by atoms with Crippen LogP contribution in [0.2, 0.25) is 5.02 Å². The predicted octanol–water partition coefficient (Wildman–Crippen LogP) is 4.05. The van der Waals surface area contributed by atoms with Gasteiger partial charge in [-0.05, 0) is 102 Å². The Labute approximate surface area is 241 Å². The average molecular weight is 583 g/mol. The second kappa shape index (κ2) is 13.3. The Bertz CT molecular complexity index is 1090. The van der Waals surface area contributed by atoms with Gasteiger partial charge < -0.3 is 20.0 Å². The first-order valence-electron chi connectivity index (χ1n) is 13.8. The molecule has 210 valence electrons. The second-order valence-electron chi connectivity index (χ2n) is 11.2. The normalized spacial score (nSPS) is 21.8. The topological polar surface area (TPSA) is 59.1 Å². The minimum Gasteiger partial charge on any atom is -0.340 e. The highest BCUT2D eigenvalue weighted by Gasteiger charge is 2.34. The molecule has 0 spiro atoms. The minimum absolute atomic E-state index is 0. The van der Waals surface area contributed by atoms with Gasteiger partial charge in [0.05, 0.1) is 4.88 Å². The van der Waals surface area contributed by atoms with Gasteiger partial charge in [-0.2, -0.15) is 0 Å². The summed E-state index contributed by atoms with van der Waals surface area (Å²) in [4.78, 5) is 37.1. The van der Waals surface area contributed by atoms with E-state index in [0.29, 0.717) is 28.3 Å². The standard InChI is InChI=1S/C28H40ClN5O2S.ClH/c1-31-9-5-20(6-10-31)17-24(30-27(35)26-18-21-3-4-22(29)19-25(21)37-26)28(36)34-15-13-33(14-16-34)23-7-11-32(2)12-8-23;/h3-4,18-20,23-24H,5-17H2,1-2H3,(H,30,35);1H/t24-;/m1./s1. The van der Waals surface area contributed by atoms with Crippen molar-refractivity contribution in [2.75, 3.05) is 66.5 Å². The molecule has 0 bridgehead atoms. The van der Waals surface area contributed by atoms with E-state index in [-0.39, 0.29) is 24.2 Å². The quantitative estimate of drug-likeness (QED) is 0.558. The molecule has 0 radical (unpaired) electrons. The number of fused-ring (bicyclic) bond motifs is 1. The van der Waals surface area contributed by atoms with Crippen LogP contribution in [-0.4, -0.2) is 110 Å². The fraction of sp³-hybridized carbons (Fsp3) is 0.643. The Morgan fingerprint density at radius 3 is 2.24 bits per heavy atom. The number of amides is 2. The highest BCUT2D eigenvalue weighted by Crippen LogP contribution is 2.29. The zero-order valence-electron chi connectivity index (χ0n) is 22.5. The lowest BCUT2D eigenvalue weighted by atomic mass is 9.89. The molecule has 4 heterocycles. The van der Waals surface area contributed by atoms with Crippen LogP contribution in [0.5, 0.6) is 0 Å². The Balaban J connectivity index is 0.00000336. The van der Waals surface area contributed by atoms with Crippen molar-refractivity contribution in [3.63, 3.8) is 0 Å². The number of carbonyl (C=O) groups is 2. The van der Waals surface area contributed by atoms with Gasteiger partial charge in [0.25, 0.3) is 5.91 Å². The van der Waals surface area contributed by atoms with Gasteiger partial charge in [0.15, 0.2) is 0 Å². The van der Waals surface area contributed by atoms with Gasteiger partial charge >= 0.3 is 0 Å². The number of halogens is 2. The number of thiophene rings is 1. The summed E-state index contributed by atoms with van der Waals surface area (Å²) in [5, 5.41) is 4.82. The van der Waals surface area contributed by atoms with Gasteiger partial charge in [-0.25, -0.2) is 0 Å². The van der Waals surface area contributed by atoms with E-state index in [9.17, 15) is 9.59 Å². The van der Waals surface area contributed by atoms with E-state index in [1.807, 2.05) is 29.2 Å². The van der Waals surface area contributed by atoms with E-state index in [0.717, 1.165) is 75.3 Å². The van der Waals surface area contributed by atoms with Crippen LogP contribution < -0.4 is 5.32 Å². The van der Waals surface area contributed by atoms with Crippen molar-refractivity contribution in [2.45, 2.75) is 44.2 Å². The number of benzene rings is 1. The summed E-state index contributed by atoms with van der Waals surface area (Å²) in [7, 11) is 4.34. The molecular formula is C28H41Cl2N5O2S. The molecule has 0 unspecified atom stereocenters. The number of nitrogens with one attached hydrogen (secondary N) is 1. The molecule has 7 nitrogen and oxygen atoms in total. The maximum absolute atomic E-state index is 13.8. The fourth-order valence-corrected chi connectivity index (χ4v) is 7.33. The highest BCUT2D eigenvalue weighted by atomic mass is 35.5. The van der Waals surface area contributed by atoms with Crippen LogP contribution in [0.25, 0.3) is 10.1 Å². The molecule has 2 amide bonds. The number of nitrogens with zero attached hydrogens (tertiary/aromatic N) is 4. The lowest BCUT2D eigenvalue weighted by molar-refractivity contribution is -0.136. The molecule has 3 saturated heterocycles. The lowest BCUT2D eigenvalue weighted by Gasteiger charge is -2.43. The first-order valence-corrected chi connectivity index (χ1v) is 14.9. The van der Waals surface area contributed by atoms with Crippen molar-refractivity contribution in [2.24, 2.45) is 5.92 Å². The highest BCUT2D eigenvalue weighted by molar-refractivity contribution is 7.20. The molecule has 1 aromatic heterocycles. The van der Waals surface area contributed by atoms with E-state index in [2.05, 4.69) is 34.1 Å². The SMILES string of the molecule is CN1CCC(C[C@@H](NC(=O)c2cc3ccc(Cl)cc3s2)C(=O)N2CCN(C3CCN(C)CC3)CC2)CC1.Cl. The number of carbonyl (C=O) groups excluding carboxylic acids is 2. The maximum Gasteiger partial charge on any atom is 0.262 e. The number of rotatable bonds is 6. The summed E-state index contributed by atoms with van der Waals surface area (Å²) in [5.41, 5.74) is 0. The van der Waals surface area contributed by atoms with Crippen molar-refractivity contribution < 1.29 is 9.59 Å². The fourth-order valence-electron chi connectivity index (χ4n) is 6.09. The average Bonchev–Trinajstić information content (AvgIpc) is 3.33. The molecule has 2 aromatic rings. The van der Waals surface area contributed by atoms with Gasteiger partial charge in [0.2, 0.25) is 5.91 Å². The Kier molecular flexibility index (Phi) is 10.3. The van der Waals surface area contributed by atoms with E-state index in [4.69, 9.17) is 11.6 Å². The summed E-state index contributed by atoms with van der Waals surface area (Å²) in [6.07, 6.45) is 5.27. The smallest absolute Gasteiger partial charge is 0.262 e. The van der Waals surface area contributed by atoms with Crippen molar-refractivity contribution in [3.05, 3.63) is 34.2 Å². The predicted molar refractivity (Wildman–Crippen MR) is 159 cm³/mol. The molecule has 1 N–H and O–H groups in total. The lowest BCUT2D eigenvalue weighted by Crippen LogP contribution is -2.57. The van der Waals surface area contributed by atoms with E-state index < -0.39 is 6.04 Å². The van der Waals surface area contributed by atoms with E-state index in [1.54, 1.807) is 0 Å². The zero-order chi connectivity index (χ0) is 25.9. The third-order valence-electron chi connectivity index (χ3n) is 8.55. The summed E-state index contributed by atoms with van der Waals surface area (Å²) < 4.78 is 0.987. The molecule has 38 heavy (non-hydrogen) atoms. The third-order valence-corrected chi connectivity index (χ3v) is 9.88. The molecule has 5 rings (SSSR count). The summed E-state index contributed by atoms with van der Waals surface area (Å²) in [6.45, 7) is 7.73. The van der Waals surface area contributed by atoms with Crippen molar-refractivity contribution in [1.29, 1.82) is 0 Å². The molecule has 10 heteroatoms. The molecule has 1 aromatic carbocycles. The van der Waals surface area contributed by atoms with E-state index >= 15 is 0 Å². The number of piperidine rings is 2. The maximum atomic E-state index is 13.8. The van der Waals surface area contributed by atoms with Crippen LogP contribution in [0, 0.1) is 5.92 Å². The van der Waals surface area contributed by atoms with Gasteiger partial charge in [0.1, 0.15) is 6.04 Å². The monoisotopic (exact) mass is 581 g/mol. The Morgan fingerprint density at radius 2 is 1.58 bits per heavy atom. The van der Waals surface area contributed by atoms with Crippen molar-refractivity contribution in [3.8, 4) is 0 Å². The van der Waals surface area contributed by atoms with Gasteiger partial charge in [-0.3, -0.25) is 14.5 Å². The van der Waals surface area contributed by atoms with Crippen LogP contribution >= 0.6 is 35.3 Å². The molecule has 0 saturated carbocycles. The van der Waals surface area contributed by atoms with E-state index in [1.165, 1.54) is 24.2 Å². The largest absolute Gasteiger partial charge is 0.340 e. The van der Waals surface area contributed by atoms with Crippen LogP contribution in [0.3, 0.4) is 0 Å². The van der Waals surface area contributed by atoms with Crippen LogP contribution in [-0.2, 0) is 4.79 Å². The number of hydrogen-bond acceptors (Lipinski definition) is 6. The van der Waals surface area contributed by atoms with Crippen LogP contribution in [0.1, 0.15) is 41.8 Å². The molecular weight excluding hydrogens is 541 g/mol. The Hall–Kier alpha value is -1.42. The number of piperazine rings is 1. The summed E-state index contributed by atoms with van der Waals surface area (Å²) in [6, 6.07) is 7.73. The van der Waals surface area contributed by atoms with Crippen LogP contribution in [0.4, 0.5) is 0 Å². The van der Waals surface area contributed by atoms with Gasteiger partial charge in [-0.1, -0.05) is 17.7 Å². The molecule has 0 aliphatic carbocycles. The molecule has 1 atom stereocenters. The second-order valence-corrected chi connectivity index (χ2v) is 12.7. The summed E-state index contributed by atoms with van der Waals surface area (Å²) in [5.74, 6) is 0.375. The molecule has 3 aliphatic heterocycles. The van der Waals surface area contributed by atoms with Gasteiger partial charge in [0, 0.05) is 41.9 Å². The Morgan fingerprint density at radius 1 is 0.947 bits per heavy atom. The molecule has 3 fully saturated rings. The summed E-state index contributed by atoms with van der Waals surface area (Å²) >= 11 is 7.58. The third kappa shape index (κ3) is 7.20. The van der Waals surface area contributed by atoms with Crippen molar-refractivity contribution in [1.82, 2.24) is 24.9 Å². The van der Waals surface area contributed by atoms with Crippen molar-refractivity contribution >= 4 is 57.2 Å². The van der Waals surface area contributed by atoms with Crippen LogP contribution in [0.15, 0.2) is 24.3 Å². The zero-order valence-corrected chi connectivity index (χ0v) is 24.9. The first-order chi connectivity index (χ1) is 17.9. The minimum atomic E-state index is -0.482. The van der Waals surface area contributed by atoms with Gasteiger partial charge in [-0.15, -0.1) is 23.7 Å². The molecule has 3 aliphatic rings. The first kappa shape index (κ1) is 29.6. The number of hydrogen-bond donors (Lipinski definition) is 1.